The molecule has 0 bridgehead atoms. The van der Waals surface area contributed by atoms with E-state index in [0.717, 1.165) is 36.9 Å². The largest absolute Gasteiger partial charge is 0.347 e. The summed E-state index contributed by atoms with van der Waals surface area (Å²) < 4.78 is 0. The Morgan fingerprint density at radius 1 is 1.35 bits per heavy atom. The molecule has 0 saturated carbocycles. The third-order valence-corrected chi connectivity index (χ3v) is 3.48. The SMILES string of the molecule is CCCN(CCN(C)C)c1nc(C(C)N)cs1. The molecule has 0 fully saturated rings. The van der Waals surface area contributed by atoms with Crippen LogP contribution in [0.2, 0.25) is 0 Å². The minimum atomic E-state index is 0.0253. The number of nitrogens with two attached hydrogens (primary N) is 1. The van der Waals surface area contributed by atoms with Gasteiger partial charge in [-0.15, -0.1) is 11.3 Å². The van der Waals surface area contributed by atoms with E-state index in [1.165, 1.54) is 0 Å². The molecule has 2 N–H and O–H groups in total. The molecule has 0 amide bonds. The molecule has 0 aliphatic heterocycles. The van der Waals surface area contributed by atoms with Crippen molar-refractivity contribution in [1.82, 2.24) is 9.88 Å². The lowest BCUT2D eigenvalue weighted by atomic mass is 10.3. The summed E-state index contributed by atoms with van der Waals surface area (Å²) in [6, 6.07) is 0.0253. The highest BCUT2D eigenvalue weighted by atomic mass is 32.1. The second-order valence-corrected chi connectivity index (χ2v) is 5.47. The molecule has 17 heavy (non-hydrogen) atoms. The molecule has 0 spiro atoms. The lowest BCUT2D eigenvalue weighted by molar-refractivity contribution is 0.413. The summed E-state index contributed by atoms with van der Waals surface area (Å²) in [4.78, 5) is 9.15. The molecular formula is C12H24N4S. The second-order valence-electron chi connectivity index (χ2n) is 4.63. The standard InChI is InChI=1S/C12H24N4S/c1-5-6-16(8-7-15(3)4)12-14-11(9-17-12)10(2)13/h9-10H,5-8,13H2,1-4H3. The summed E-state index contributed by atoms with van der Waals surface area (Å²) in [5, 5.41) is 3.17. The van der Waals surface area contributed by atoms with E-state index in [1.54, 1.807) is 11.3 Å². The summed E-state index contributed by atoms with van der Waals surface area (Å²) in [6.45, 7) is 7.30. The predicted molar refractivity (Wildman–Crippen MR) is 75.8 cm³/mol. The van der Waals surface area contributed by atoms with Crippen molar-refractivity contribution in [3.63, 3.8) is 0 Å². The average Bonchev–Trinajstić information content (AvgIpc) is 2.73. The fraction of sp³-hybridized carbons (Fsp3) is 0.750. The molecule has 4 nitrogen and oxygen atoms in total. The van der Waals surface area contributed by atoms with Crippen LogP contribution in [-0.4, -0.2) is 43.6 Å². The highest BCUT2D eigenvalue weighted by Gasteiger charge is 2.12. The third-order valence-electron chi connectivity index (χ3n) is 2.56. The molecule has 0 saturated heterocycles. The van der Waals surface area contributed by atoms with Gasteiger partial charge in [-0.25, -0.2) is 4.98 Å². The van der Waals surface area contributed by atoms with Crippen molar-refractivity contribution in [3.05, 3.63) is 11.1 Å². The van der Waals surface area contributed by atoms with Crippen molar-refractivity contribution in [2.75, 3.05) is 38.6 Å². The highest BCUT2D eigenvalue weighted by molar-refractivity contribution is 7.13. The van der Waals surface area contributed by atoms with Gasteiger partial charge < -0.3 is 15.5 Å². The third kappa shape index (κ3) is 4.61. The maximum atomic E-state index is 5.84. The van der Waals surface area contributed by atoms with Crippen molar-refractivity contribution in [1.29, 1.82) is 0 Å². The predicted octanol–water partition coefficient (Wildman–Crippen LogP) is 1.94. The Morgan fingerprint density at radius 2 is 2.06 bits per heavy atom. The van der Waals surface area contributed by atoms with E-state index in [-0.39, 0.29) is 6.04 Å². The normalized spacial score (nSPS) is 13.1. The zero-order chi connectivity index (χ0) is 12.8. The Balaban J connectivity index is 2.67. The van der Waals surface area contributed by atoms with Crippen molar-refractivity contribution in [3.8, 4) is 0 Å². The molecule has 1 aromatic rings. The Labute approximate surface area is 108 Å². The molecule has 5 heteroatoms. The smallest absolute Gasteiger partial charge is 0.185 e. The van der Waals surface area contributed by atoms with Crippen LogP contribution in [0.1, 0.15) is 32.0 Å². The maximum absolute atomic E-state index is 5.84. The van der Waals surface area contributed by atoms with Crippen molar-refractivity contribution < 1.29 is 0 Å². The Kier molecular flexibility index (Phi) is 5.88. The van der Waals surface area contributed by atoms with Crippen LogP contribution in [0, 0.1) is 0 Å². The minimum absolute atomic E-state index is 0.0253. The van der Waals surface area contributed by atoms with Gasteiger partial charge >= 0.3 is 0 Å². The Morgan fingerprint density at radius 3 is 2.53 bits per heavy atom. The zero-order valence-corrected chi connectivity index (χ0v) is 12.1. The van der Waals surface area contributed by atoms with Gasteiger partial charge in [-0.05, 0) is 27.4 Å². The zero-order valence-electron chi connectivity index (χ0n) is 11.3. The van der Waals surface area contributed by atoms with E-state index in [4.69, 9.17) is 5.73 Å². The Bertz CT molecular complexity index is 322. The van der Waals surface area contributed by atoms with E-state index in [2.05, 4.69) is 41.2 Å². The molecular weight excluding hydrogens is 232 g/mol. The van der Waals surface area contributed by atoms with Crippen LogP contribution in [0.15, 0.2) is 5.38 Å². The lowest BCUT2D eigenvalue weighted by Crippen LogP contribution is -2.32. The van der Waals surface area contributed by atoms with Crippen LogP contribution in [0.4, 0.5) is 5.13 Å². The fourth-order valence-electron chi connectivity index (χ4n) is 1.52. The summed E-state index contributed by atoms with van der Waals surface area (Å²) in [5.41, 5.74) is 6.84. The number of thiazole rings is 1. The van der Waals surface area contributed by atoms with E-state index in [0.29, 0.717) is 0 Å². The number of hydrogen-bond acceptors (Lipinski definition) is 5. The fourth-order valence-corrected chi connectivity index (χ4v) is 2.51. The molecule has 0 aliphatic rings. The van der Waals surface area contributed by atoms with Gasteiger partial charge in [-0.3, -0.25) is 0 Å². The quantitative estimate of drug-likeness (QED) is 0.810. The summed E-state index contributed by atoms with van der Waals surface area (Å²) >= 11 is 1.69. The molecule has 0 aliphatic carbocycles. The first kappa shape index (κ1) is 14.4. The second kappa shape index (κ2) is 6.93. The molecule has 1 aromatic heterocycles. The van der Waals surface area contributed by atoms with E-state index in [9.17, 15) is 0 Å². The first-order valence-corrected chi connectivity index (χ1v) is 7.03. The van der Waals surface area contributed by atoms with Gasteiger partial charge in [-0.1, -0.05) is 6.92 Å². The van der Waals surface area contributed by atoms with Crippen LogP contribution in [-0.2, 0) is 0 Å². The van der Waals surface area contributed by atoms with Crippen molar-refractivity contribution in [2.24, 2.45) is 5.73 Å². The van der Waals surface area contributed by atoms with Crippen LogP contribution < -0.4 is 10.6 Å². The number of anilines is 1. The first-order valence-electron chi connectivity index (χ1n) is 6.15. The van der Waals surface area contributed by atoms with Crippen LogP contribution >= 0.6 is 11.3 Å². The number of hydrogen-bond donors (Lipinski definition) is 1. The molecule has 1 rings (SSSR count). The number of nitrogens with zero attached hydrogens (tertiary/aromatic N) is 3. The van der Waals surface area contributed by atoms with Crippen LogP contribution in [0.5, 0.6) is 0 Å². The topological polar surface area (TPSA) is 45.4 Å². The first-order chi connectivity index (χ1) is 8.04. The number of aromatic nitrogens is 1. The molecule has 98 valence electrons. The van der Waals surface area contributed by atoms with Crippen LogP contribution in [0.3, 0.4) is 0 Å². The summed E-state index contributed by atoms with van der Waals surface area (Å²) in [6.07, 6.45) is 1.14. The van der Waals surface area contributed by atoms with Gasteiger partial charge in [0.2, 0.25) is 0 Å². The maximum Gasteiger partial charge on any atom is 0.185 e. The Hall–Kier alpha value is -0.650. The molecule has 1 unspecified atom stereocenters. The lowest BCUT2D eigenvalue weighted by Gasteiger charge is -2.23. The number of rotatable bonds is 7. The number of likely N-dealkylation sites (N-methyl/N-ethyl adjacent to an activating group) is 1. The van der Waals surface area contributed by atoms with E-state index >= 15 is 0 Å². The molecule has 0 aromatic carbocycles. The monoisotopic (exact) mass is 256 g/mol. The van der Waals surface area contributed by atoms with Gasteiger partial charge in [-0.2, -0.15) is 0 Å². The van der Waals surface area contributed by atoms with E-state index < -0.39 is 0 Å². The highest BCUT2D eigenvalue weighted by Crippen LogP contribution is 2.23. The summed E-state index contributed by atoms with van der Waals surface area (Å²) in [7, 11) is 4.19. The average molecular weight is 256 g/mol. The van der Waals surface area contributed by atoms with Gasteiger partial charge in [0.15, 0.2) is 5.13 Å². The van der Waals surface area contributed by atoms with Crippen LogP contribution in [0.25, 0.3) is 0 Å². The minimum Gasteiger partial charge on any atom is -0.347 e. The van der Waals surface area contributed by atoms with Crippen molar-refractivity contribution >= 4 is 16.5 Å². The summed E-state index contributed by atoms with van der Waals surface area (Å²) in [5.74, 6) is 0. The van der Waals surface area contributed by atoms with Gasteiger partial charge in [0.1, 0.15) is 0 Å². The molecule has 1 heterocycles. The molecule has 0 radical (unpaired) electrons. The van der Waals surface area contributed by atoms with Crippen molar-refractivity contribution in [2.45, 2.75) is 26.3 Å². The molecule has 1 atom stereocenters. The van der Waals surface area contributed by atoms with Gasteiger partial charge in [0, 0.05) is 31.1 Å². The van der Waals surface area contributed by atoms with Gasteiger partial charge in [0.05, 0.1) is 5.69 Å². The van der Waals surface area contributed by atoms with Gasteiger partial charge in [0.25, 0.3) is 0 Å². The van der Waals surface area contributed by atoms with E-state index in [1.807, 2.05) is 6.92 Å².